The van der Waals surface area contributed by atoms with Gasteiger partial charge in [0.2, 0.25) is 15.9 Å². The van der Waals surface area contributed by atoms with Crippen LogP contribution in [-0.2, 0) is 14.8 Å². The number of aryl methyl sites for hydroxylation is 2. The zero-order valence-corrected chi connectivity index (χ0v) is 18.4. The fourth-order valence-corrected chi connectivity index (χ4v) is 6.24. The first-order chi connectivity index (χ1) is 13.2. The molecule has 0 aromatic carbocycles. The Balaban J connectivity index is 1.60. The Morgan fingerprint density at radius 2 is 1.93 bits per heavy atom. The van der Waals surface area contributed by atoms with Crippen molar-refractivity contribution in [3.63, 3.8) is 0 Å². The van der Waals surface area contributed by atoms with Crippen molar-refractivity contribution in [1.29, 1.82) is 0 Å². The fraction of sp³-hybridized carbons (Fsp3) is 0.444. The first kappa shape index (κ1) is 21.2. The fourth-order valence-electron chi connectivity index (χ4n) is 3.18. The van der Waals surface area contributed by atoms with Crippen LogP contribution >= 0.6 is 22.9 Å². The van der Waals surface area contributed by atoms with Crippen molar-refractivity contribution >= 4 is 44.7 Å². The summed E-state index contributed by atoms with van der Waals surface area (Å²) < 4.78 is 27.3. The monoisotopic (exact) mass is 442 g/mol. The summed E-state index contributed by atoms with van der Waals surface area (Å²) in [6.45, 7) is 7.24. The summed E-state index contributed by atoms with van der Waals surface area (Å²) in [7, 11) is -3.50. The zero-order chi connectivity index (χ0) is 20.5. The van der Waals surface area contributed by atoms with Gasteiger partial charge in [-0.1, -0.05) is 11.6 Å². The third-order valence-electron chi connectivity index (χ3n) is 4.79. The molecule has 1 unspecified atom stereocenters. The van der Waals surface area contributed by atoms with Gasteiger partial charge in [-0.05, 0) is 39.0 Å². The highest BCUT2D eigenvalue weighted by atomic mass is 35.5. The van der Waals surface area contributed by atoms with E-state index in [4.69, 9.17) is 11.6 Å². The van der Waals surface area contributed by atoms with E-state index < -0.39 is 16.1 Å². The first-order valence-electron chi connectivity index (χ1n) is 8.92. The van der Waals surface area contributed by atoms with E-state index in [-0.39, 0.29) is 5.91 Å². The molecule has 3 heterocycles. The minimum absolute atomic E-state index is 0.185. The minimum atomic E-state index is -3.50. The molecule has 0 saturated carbocycles. The van der Waals surface area contributed by atoms with Crippen molar-refractivity contribution in [2.45, 2.75) is 31.7 Å². The predicted molar refractivity (Wildman–Crippen MR) is 111 cm³/mol. The number of thiophene rings is 1. The molecule has 2 aromatic heterocycles. The molecule has 1 aliphatic heterocycles. The first-order valence-corrected chi connectivity index (χ1v) is 11.6. The topological polar surface area (TPSA) is 82.6 Å². The third kappa shape index (κ3) is 4.55. The van der Waals surface area contributed by atoms with E-state index in [2.05, 4.69) is 10.3 Å². The van der Waals surface area contributed by atoms with Gasteiger partial charge in [-0.3, -0.25) is 9.69 Å². The molecule has 0 bridgehead atoms. The van der Waals surface area contributed by atoms with Gasteiger partial charge in [0.05, 0.1) is 16.0 Å². The number of amides is 1. The zero-order valence-electron chi connectivity index (χ0n) is 16.0. The number of carbonyl (C=O) groups is 1. The lowest BCUT2D eigenvalue weighted by molar-refractivity contribution is -0.121. The van der Waals surface area contributed by atoms with Crippen LogP contribution in [0.1, 0.15) is 16.7 Å². The Morgan fingerprint density at radius 1 is 1.25 bits per heavy atom. The highest BCUT2D eigenvalue weighted by Crippen LogP contribution is 2.28. The normalized spacial score (nSPS) is 17.4. The Morgan fingerprint density at radius 3 is 2.46 bits per heavy atom. The summed E-state index contributed by atoms with van der Waals surface area (Å²) in [5.41, 5.74) is 0. The smallest absolute Gasteiger partial charge is 0.244 e. The number of carbonyl (C=O) groups excluding carboxylic acids is 1. The van der Waals surface area contributed by atoms with Crippen molar-refractivity contribution in [1.82, 2.24) is 14.2 Å². The lowest BCUT2D eigenvalue weighted by Gasteiger charge is -2.36. The molecule has 0 radical (unpaired) electrons. The molecular formula is C18H23ClN4O3S2. The molecule has 10 heteroatoms. The number of nitrogens with zero attached hydrogens (tertiary/aromatic N) is 3. The predicted octanol–water partition coefficient (Wildman–Crippen LogP) is 2.75. The van der Waals surface area contributed by atoms with E-state index in [9.17, 15) is 13.2 Å². The second-order valence-corrected chi connectivity index (χ2v) is 10.5. The van der Waals surface area contributed by atoms with Crippen LogP contribution in [0.3, 0.4) is 0 Å². The number of aromatic nitrogens is 1. The molecule has 0 spiro atoms. The Bertz CT molecular complexity index is 952. The van der Waals surface area contributed by atoms with Gasteiger partial charge in [-0.2, -0.15) is 4.31 Å². The summed E-state index contributed by atoms with van der Waals surface area (Å²) in [6.07, 6.45) is 1.47. The van der Waals surface area contributed by atoms with E-state index in [1.165, 1.54) is 21.8 Å². The Kier molecular flexibility index (Phi) is 6.41. The molecular weight excluding hydrogens is 420 g/mol. The summed E-state index contributed by atoms with van der Waals surface area (Å²) in [5, 5.41) is 3.26. The number of hydrogen-bond donors (Lipinski definition) is 1. The number of anilines is 1. The highest BCUT2D eigenvalue weighted by Gasteiger charge is 2.33. The number of nitrogens with one attached hydrogen (secondary N) is 1. The highest BCUT2D eigenvalue weighted by molar-refractivity contribution is 7.89. The molecule has 28 heavy (non-hydrogen) atoms. The lowest BCUT2D eigenvalue weighted by atomic mass is 10.2. The van der Waals surface area contributed by atoms with Gasteiger partial charge in [0.15, 0.2) is 0 Å². The maximum atomic E-state index is 12.9. The average molecular weight is 443 g/mol. The van der Waals surface area contributed by atoms with Crippen LogP contribution < -0.4 is 5.32 Å². The largest absolute Gasteiger partial charge is 0.309 e. The molecule has 2 aromatic rings. The quantitative estimate of drug-likeness (QED) is 0.769. The van der Waals surface area contributed by atoms with Crippen LogP contribution in [0.15, 0.2) is 29.3 Å². The second-order valence-electron chi connectivity index (χ2n) is 6.74. The molecule has 1 amide bonds. The van der Waals surface area contributed by atoms with Gasteiger partial charge in [0.25, 0.3) is 0 Å². The Labute approximate surface area is 174 Å². The summed E-state index contributed by atoms with van der Waals surface area (Å²) >= 11 is 7.29. The standard InChI is InChI=1S/C18H23ClN4O3S2/c1-12-10-16(14(3)27-12)28(25,26)23-8-6-22(7-9-23)13(2)18(24)21-17-5-4-15(19)11-20-17/h4-5,10-11,13H,6-9H2,1-3H3,(H,20,21,24). The maximum absolute atomic E-state index is 12.9. The molecule has 1 N–H and O–H groups in total. The van der Waals surface area contributed by atoms with Gasteiger partial charge in [0.1, 0.15) is 5.82 Å². The summed E-state index contributed by atoms with van der Waals surface area (Å²) in [5.74, 6) is 0.251. The Hall–Kier alpha value is -1.52. The van der Waals surface area contributed by atoms with Crippen molar-refractivity contribution in [2.24, 2.45) is 0 Å². The third-order valence-corrected chi connectivity index (χ3v) is 8.14. The van der Waals surface area contributed by atoms with Crippen molar-refractivity contribution in [2.75, 3.05) is 31.5 Å². The maximum Gasteiger partial charge on any atom is 0.244 e. The molecule has 152 valence electrons. The number of pyridine rings is 1. The average Bonchev–Trinajstić information content (AvgIpc) is 3.02. The van der Waals surface area contributed by atoms with Gasteiger partial charge in [0, 0.05) is 42.1 Å². The molecule has 1 atom stereocenters. The SMILES string of the molecule is Cc1cc(S(=O)(=O)N2CCN(C(C)C(=O)Nc3ccc(Cl)cn3)CC2)c(C)s1. The number of sulfonamides is 1. The summed E-state index contributed by atoms with van der Waals surface area (Å²) in [4.78, 5) is 20.7. The lowest BCUT2D eigenvalue weighted by Crippen LogP contribution is -2.53. The van der Waals surface area contributed by atoms with Gasteiger partial charge >= 0.3 is 0 Å². The van der Waals surface area contributed by atoms with Crippen LogP contribution in [0, 0.1) is 13.8 Å². The van der Waals surface area contributed by atoms with Crippen LogP contribution in [0.2, 0.25) is 5.02 Å². The van der Waals surface area contributed by atoms with Crippen molar-refractivity contribution < 1.29 is 13.2 Å². The van der Waals surface area contributed by atoms with Gasteiger partial charge in [-0.15, -0.1) is 11.3 Å². The van der Waals surface area contributed by atoms with Crippen LogP contribution in [0.5, 0.6) is 0 Å². The van der Waals surface area contributed by atoms with E-state index in [1.807, 2.05) is 25.7 Å². The molecule has 3 rings (SSSR count). The van der Waals surface area contributed by atoms with Gasteiger partial charge < -0.3 is 5.32 Å². The molecule has 7 nitrogen and oxygen atoms in total. The number of rotatable bonds is 5. The second kappa shape index (κ2) is 8.46. The molecule has 1 fully saturated rings. The van der Waals surface area contributed by atoms with Crippen LogP contribution in [0.4, 0.5) is 5.82 Å². The van der Waals surface area contributed by atoms with Crippen molar-refractivity contribution in [3.05, 3.63) is 39.2 Å². The van der Waals surface area contributed by atoms with E-state index in [1.54, 1.807) is 18.2 Å². The minimum Gasteiger partial charge on any atom is -0.309 e. The number of piperazine rings is 1. The van der Waals surface area contributed by atoms with E-state index in [0.717, 1.165) is 9.75 Å². The number of halogens is 1. The molecule has 1 aliphatic rings. The number of hydrogen-bond acceptors (Lipinski definition) is 6. The van der Waals surface area contributed by atoms with Gasteiger partial charge in [-0.25, -0.2) is 13.4 Å². The summed E-state index contributed by atoms with van der Waals surface area (Å²) in [6, 6.07) is 4.64. The van der Waals surface area contributed by atoms with E-state index >= 15 is 0 Å². The molecule has 0 aliphatic carbocycles. The van der Waals surface area contributed by atoms with Crippen molar-refractivity contribution in [3.8, 4) is 0 Å². The van der Waals surface area contributed by atoms with Crippen LogP contribution in [0.25, 0.3) is 0 Å². The van der Waals surface area contributed by atoms with Crippen LogP contribution in [-0.4, -0.2) is 60.7 Å². The van der Waals surface area contributed by atoms with E-state index in [0.29, 0.717) is 41.9 Å². The molecule has 1 saturated heterocycles.